The van der Waals surface area contributed by atoms with Crippen LogP contribution < -0.4 is 9.80 Å². The van der Waals surface area contributed by atoms with Gasteiger partial charge in [0, 0.05) is 44.2 Å². The summed E-state index contributed by atoms with van der Waals surface area (Å²) in [7, 11) is 3.98. The molecular weight excluding hydrogens is 379 g/mol. The number of para-hydroxylation sites is 1. The minimum Gasteiger partial charge on any atom is -0.363 e. The Balaban J connectivity index is 1.81. The van der Waals surface area contributed by atoms with Crippen LogP contribution in [-0.4, -0.2) is 31.5 Å². The summed E-state index contributed by atoms with van der Waals surface area (Å²) in [6.07, 6.45) is 1.98. The Labute approximate surface area is 169 Å². The van der Waals surface area contributed by atoms with Crippen molar-refractivity contribution in [3.8, 4) is 0 Å². The van der Waals surface area contributed by atoms with Crippen LogP contribution in [0.1, 0.15) is 12.8 Å². The average molecular weight is 399 g/mol. The number of amidine groups is 1. The molecule has 138 valence electrons. The van der Waals surface area contributed by atoms with Crippen LogP contribution in [0.25, 0.3) is 10.9 Å². The van der Waals surface area contributed by atoms with Gasteiger partial charge < -0.3 is 9.80 Å². The van der Waals surface area contributed by atoms with Gasteiger partial charge in [-0.15, -0.1) is 0 Å². The lowest BCUT2D eigenvalue weighted by molar-refractivity contribution is 0.956. The van der Waals surface area contributed by atoms with Crippen molar-refractivity contribution in [1.82, 2.24) is 4.98 Å². The van der Waals surface area contributed by atoms with Crippen LogP contribution in [0.5, 0.6) is 0 Å². The molecule has 4 nitrogen and oxygen atoms in total. The number of anilines is 2. The smallest absolute Gasteiger partial charge is 0.130 e. The lowest BCUT2D eigenvalue weighted by Gasteiger charge is -2.20. The van der Waals surface area contributed by atoms with Crippen LogP contribution in [0, 0.1) is 0 Å². The van der Waals surface area contributed by atoms with Crippen molar-refractivity contribution in [2.75, 3.05) is 30.4 Å². The van der Waals surface area contributed by atoms with Gasteiger partial charge in [-0.2, -0.15) is 0 Å². The molecular formula is C21H20Cl2N4. The standard InChI is InChI=1S/C21H20Cl2N4/c1-26(2)21-13-19(15-6-3-4-7-18(15)24-21)25-20-8-5-11-27(20)14-9-10-16(22)17(23)12-14/h3-4,6-7,9-10,12-13H,5,8,11H2,1-2H3. The molecule has 6 heteroatoms. The van der Waals surface area contributed by atoms with Crippen molar-refractivity contribution in [1.29, 1.82) is 0 Å². The molecule has 0 bridgehead atoms. The first-order valence-electron chi connectivity index (χ1n) is 8.90. The third-order valence-electron chi connectivity index (χ3n) is 4.70. The lowest BCUT2D eigenvalue weighted by atomic mass is 10.2. The molecule has 3 aromatic rings. The van der Waals surface area contributed by atoms with E-state index in [4.69, 9.17) is 33.2 Å². The van der Waals surface area contributed by atoms with Gasteiger partial charge in [-0.1, -0.05) is 41.4 Å². The SMILES string of the molecule is CN(C)c1cc(N=C2CCCN2c2ccc(Cl)c(Cl)c2)c2ccccc2n1. The molecule has 0 amide bonds. The van der Waals surface area contributed by atoms with Crippen LogP contribution in [0.3, 0.4) is 0 Å². The Kier molecular flexibility index (Phi) is 4.94. The summed E-state index contributed by atoms with van der Waals surface area (Å²) >= 11 is 12.3. The molecule has 1 fully saturated rings. The van der Waals surface area contributed by atoms with E-state index in [9.17, 15) is 0 Å². The quantitative estimate of drug-likeness (QED) is 0.547. The van der Waals surface area contributed by atoms with E-state index in [-0.39, 0.29) is 0 Å². The van der Waals surface area contributed by atoms with Crippen molar-refractivity contribution < 1.29 is 0 Å². The molecule has 1 aliphatic rings. The fraction of sp³-hybridized carbons (Fsp3) is 0.238. The van der Waals surface area contributed by atoms with E-state index in [1.54, 1.807) is 0 Å². The minimum atomic E-state index is 0.560. The first-order valence-corrected chi connectivity index (χ1v) is 9.66. The Morgan fingerprint density at radius 3 is 2.63 bits per heavy atom. The molecule has 0 N–H and O–H groups in total. The lowest BCUT2D eigenvalue weighted by Crippen LogP contribution is -2.24. The fourth-order valence-corrected chi connectivity index (χ4v) is 3.60. The number of aliphatic imine (C=N–C) groups is 1. The molecule has 0 aliphatic carbocycles. The second-order valence-corrected chi connectivity index (χ2v) is 7.61. The molecule has 0 atom stereocenters. The molecule has 2 aromatic carbocycles. The van der Waals surface area contributed by atoms with Gasteiger partial charge in [0.2, 0.25) is 0 Å². The first-order chi connectivity index (χ1) is 13.0. The van der Waals surface area contributed by atoms with Crippen molar-refractivity contribution in [2.24, 2.45) is 4.99 Å². The van der Waals surface area contributed by atoms with Crippen LogP contribution in [0.15, 0.2) is 53.5 Å². The van der Waals surface area contributed by atoms with Crippen LogP contribution in [-0.2, 0) is 0 Å². The van der Waals surface area contributed by atoms with Gasteiger partial charge in [0.15, 0.2) is 0 Å². The van der Waals surface area contributed by atoms with Gasteiger partial charge in [-0.05, 0) is 30.7 Å². The van der Waals surface area contributed by atoms with Crippen LogP contribution in [0.4, 0.5) is 17.2 Å². The highest BCUT2D eigenvalue weighted by Gasteiger charge is 2.21. The van der Waals surface area contributed by atoms with Crippen molar-refractivity contribution in [3.63, 3.8) is 0 Å². The third kappa shape index (κ3) is 3.60. The van der Waals surface area contributed by atoms with Crippen LogP contribution in [0.2, 0.25) is 10.0 Å². The maximum atomic E-state index is 6.22. The molecule has 0 saturated carbocycles. The van der Waals surface area contributed by atoms with E-state index >= 15 is 0 Å². The highest BCUT2D eigenvalue weighted by Crippen LogP contribution is 2.33. The van der Waals surface area contributed by atoms with Gasteiger partial charge in [-0.3, -0.25) is 0 Å². The largest absolute Gasteiger partial charge is 0.363 e. The van der Waals surface area contributed by atoms with Crippen LogP contribution >= 0.6 is 23.2 Å². The summed E-state index contributed by atoms with van der Waals surface area (Å²) in [5.74, 6) is 1.93. The molecule has 4 rings (SSSR count). The number of benzene rings is 2. The molecule has 0 unspecified atom stereocenters. The number of halogens is 2. The normalized spacial score (nSPS) is 15.7. The van der Waals surface area contributed by atoms with Gasteiger partial charge in [-0.25, -0.2) is 9.98 Å². The summed E-state index contributed by atoms with van der Waals surface area (Å²) in [6.45, 7) is 0.917. The summed E-state index contributed by atoms with van der Waals surface area (Å²) in [5.41, 5.74) is 2.90. The monoisotopic (exact) mass is 398 g/mol. The number of fused-ring (bicyclic) bond motifs is 1. The average Bonchev–Trinajstić information content (AvgIpc) is 3.12. The minimum absolute atomic E-state index is 0.560. The maximum absolute atomic E-state index is 6.22. The Bertz CT molecular complexity index is 1030. The molecule has 2 heterocycles. The molecule has 1 aromatic heterocycles. The van der Waals surface area contributed by atoms with E-state index in [2.05, 4.69) is 11.0 Å². The van der Waals surface area contributed by atoms with E-state index < -0.39 is 0 Å². The summed E-state index contributed by atoms with van der Waals surface area (Å²) in [6, 6.07) is 15.9. The molecule has 27 heavy (non-hydrogen) atoms. The van der Waals surface area contributed by atoms with Gasteiger partial charge in [0.25, 0.3) is 0 Å². The van der Waals surface area contributed by atoms with Gasteiger partial charge in [0.05, 0.1) is 21.2 Å². The van der Waals surface area contributed by atoms with E-state index in [1.807, 2.05) is 61.5 Å². The Morgan fingerprint density at radius 1 is 1.04 bits per heavy atom. The predicted octanol–water partition coefficient (Wildman–Crippen LogP) is 5.94. The Hall–Kier alpha value is -2.30. The second-order valence-electron chi connectivity index (χ2n) is 6.79. The summed E-state index contributed by atoms with van der Waals surface area (Å²) in [4.78, 5) is 14.0. The van der Waals surface area contributed by atoms with E-state index in [0.29, 0.717) is 10.0 Å². The number of hydrogen-bond acceptors (Lipinski definition) is 3. The molecule has 0 spiro atoms. The number of nitrogens with zero attached hydrogens (tertiary/aromatic N) is 4. The van der Waals surface area contributed by atoms with Gasteiger partial charge >= 0.3 is 0 Å². The van der Waals surface area contributed by atoms with Crippen molar-refractivity contribution in [3.05, 3.63) is 58.6 Å². The molecule has 0 radical (unpaired) electrons. The van der Waals surface area contributed by atoms with Gasteiger partial charge in [0.1, 0.15) is 11.7 Å². The number of hydrogen-bond donors (Lipinski definition) is 0. The first kappa shape index (κ1) is 18.1. The topological polar surface area (TPSA) is 31.7 Å². The highest BCUT2D eigenvalue weighted by molar-refractivity contribution is 6.42. The zero-order valence-electron chi connectivity index (χ0n) is 15.3. The predicted molar refractivity (Wildman–Crippen MR) is 116 cm³/mol. The van der Waals surface area contributed by atoms with E-state index in [0.717, 1.165) is 53.3 Å². The zero-order chi connectivity index (χ0) is 19.0. The zero-order valence-corrected chi connectivity index (χ0v) is 16.8. The Morgan fingerprint density at radius 2 is 1.85 bits per heavy atom. The third-order valence-corrected chi connectivity index (χ3v) is 5.44. The van der Waals surface area contributed by atoms with E-state index in [1.165, 1.54) is 0 Å². The second kappa shape index (κ2) is 7.37. The number of pyridine rings is 1. The summed E-state index contributed by atoms with van der Waals surface area (Å²) in [5, 5.41) is 2.18. The van der Waals surface area contributed by atoms with Crippen molar-refractivity contribution in [2.45, 2.75) is 12.8 Å². The molecule has 1 aliphatic heterocycles. The number of rotatable bonds is 3. The molecule has 1 saturated heterocycles. The summed E-state index contributed by atoms with van der Waals surface area (Å²) < 4.78 is 0. The highest BCUT2D eigenvalue weighted by atomic mass is 35.5. The number of aromatic nitrogens is 1. The fourth-order valence-electron chi connectivity index (χ4n) is 3.31. The maximum Gasteiger partial charge on any atom is 0.130 e. The van der Waals surface area contributed by atoms with Crippen molar-refractivity contribution >= 4 is 57.1 Å².